The van der Waals surface area contributed by atoms with E-state index in [9.17, 15) is 9.18 Å². The molecule has 3 atom stereocenters. The Kier molecular flexibility index (Phi) is 6.51. The van der Waals surface area contributed by atoms with Crippen molar-refractivity contribution in [3.63, 3.8) is 0 Å². The predicted molar refractivity (Wildman–Crippen MR) is 108 cm³/mol. The monoisotopic (exact) mass is 398 g/mol. The first-order valence-corrected chi connectivity index (χ1v) is 10.1. The van der Waals surface area contributed by atoms with Crippen LogP contribution in [0.5, 0.6) is 0 Å². The molecule has 2 heterocycles. The van der Waals surface area contributed by atoms with Crippen LogP contribution in [0.25, 0.3) is 0 Å². The van der Waals surface area contributed by atoms with E-state index in [1.54, 1.807) is 12.1 Å². The van der Waals surface area contributed by atoms with Crippen LogP contribution in [0.3, 0.4) is 0 Å². The number of benzene rings is 2. The molecule has 4 rings (SSSR count). The molecule has 6 nitrogen and oxygen atoms in total. The summed E-state index contributed by atoms with van der Waals surface area (Å²) in [6.07, 6.45) is 0. The average molecular weight is 398 g/mol. The lowest BCUT2D eigenvalue weighted by molar-refractivity contribution is -0.125. The summed E-state index contributed by atoms with van der Waals surface area (Å²) >= 11 is 0. The van der Waals surface area contributed by atoms with Crippen molar-refractivity contribution in [1.29, 1.82) is 0 Å². The highest BCUT2D eigenvalue weighted by atomic mass is 19.1. The van der Waals surface area contributed by atoms with Gasteiger partial charge in [-0.25, -0.2) is 9.82 Å². The van der Waals surface area contributed by atoms with Crippen molar-refractivity contribution in [1.82, 2.24) is 21.1 Å². The van der Waals surface area contributed by atoms with E-state index >= 15 is 0 Å². The highest BCUT2D eigenvalue weighted by Crippen LogP contribution is 2.26. The van der Waals surface area contributed by atoms with Gasteiger partial charge in [-0.05, 0) is 23.3 Å². The number of carbonyl (C=O) groups is 1. The molecule has 0 aliphatic carbocycles. The van der Waals surface area contributed by atoms with Crippen LogP contribution in [-0.4, -0.2) is 50.2 Å². The zero-order valence-electron chi connectivity index (χ0n) is 16.3. The van der Waals surface area contributed by atoms with Gasteiger partial charge in [0.25, 0.3) is 0 Å². The zero-order valence-corrected chi connectivity index (χ0v) is 16.3. The number of hydrogen-bond acceptors (Lipinski definition) is 5. The van der Waals surface area contributed by atoms with E-state index in [4.69, 9.17) is 4.74 Å². The molecule has 1 amide bonds. The van der Waals surface area contributed by atoms with Crippen LogP contribution in [0.1, 0.15) is 23.2 Å². The van der Waals surface area contributed by atoms with Crippen LogP contribution in [0.2, 0.25) is 0 Å². The molecule has 7 heteroatoms. The number of carbonyl (C=O) groups excluding carboxylic acids is 1. The van der Waals surface area contributed by atoms with Gasteiger partial charge in [0.15, 0.2) is 0 Å². The number of nitrogens with one attached hydrogen (secondary N) is 3. The maximum Gasteiger partial charge on any atom is 0.226 e. The Hall–Kier alpha value is -2.32. The van der Waals surface area contributed by atoms with Crippen LogP contribution in [0, 0.1) is 11.7 Å². The summed E-state index contributed by atoms with van der Waals surface area (Å²) in [6, 6.07) is 16.5. The minimum Gasteiger partial charge on any atom is -0.379 e. The zero-order chi connectivity index (χ0) is 20.1. The van der Waals surface area contributed by atoms with Crippen molar-refractivity contribution >= 4 is 5.91 Å². The molecule has 2 aliphatic heterocycles. The second-order valence-corrected chi connectivity index (χ2v) is 7.48. The van der Waals surface area contributed by atoms with Crippen LogP contribution < -0.4 is 16.2 Å². The largest absolute Gasteiger partial charge is 0.379 e. The van der Waals surface area contributed by atoms with Crippen molar-refractivity contribution < 1.29 is 13.9 Å². The molecule has 2 aromatic carbocycles. The van der Waals surface area contributed by atoms with Crippen LogP contribution >= 0.6 is 0 Å². The van der Waals surface area contributed by atoms with Crippen molar-refractivity contribution in [3.05, 3.63) is 71.5 Å². The third kappa shape index (κ3) is 4.82. The number of ether oxygens (including phenoxy) is 1. The van der Waals surface area contributed by atoms with Gasteiger partial charge in [0.2, 0.25) is 5.91 Å². The summed E-state index contributed by atoms with van der Waals surface area (Å²) in [4.78, 5) is 15.4. The van der Waals surface area contributed by atoms with Crippen molar-refractivity contribution in [2.45, 2.75) is 12.1 Å². The second-order valence-electron chi connectivity index (χ2n) is 7.48. The topological polar surface area (TPSA) is 65.6 Å². The summed E-state index contributed by atoms with van der Waals surface area (Å²) in [5.74, 6) is -0.551. The van der Waals surface area contributed by atoms with Crippen LogP contribution in [0.4, 0.5) is 4.39 Å². The Balaban J connectivity index is 1.43. The van der Waals surface area contributed by atoms with E-state index in [-0.39, 0.29) is 29.7 Å². The van der Waals surface area contributed by atoms with E-state index in [0.29, 0.717) is 26.3 Å². The first-order valence-electron chi connectivity index (χ1n) is 10.1. The van der Waals surface area contributed by atoms with Gasteiger partial charge in [-0.2, -0.15) is 0 Å². The molecule has 29 heavy (non-hydrogen) atoms. The quantitative estimate of drug-likeness (QED) is 0.692. The highest BCUT2D eigenvalue weighted by Gasteiger charge is 2.34. The lowest BCUT2D eigenvalue weighted by Gasteiger charge is -2.35. The van der Waals surface area contributed by atoms with E-state index < -0.39 is 0 Å². The fourth-order valence-corrected chi connectivity index (χ4v) is 4.08. The van der Waals surface area contributed by atoms with Gasteiger partial charge in [0.1, 0.15) is 5.82 Å². The van der Waals surface area contributed by atoms with Crippen LogP contribution in [-0.2, 0) is 9.53 Å². The Morgan fingerprint density at radius 1 is 1.14 bits per heavy atom. The maximum atomic E-state index is 13.2. The number of hydrogen-bond donors (Lipinski definition) is 3. The van der Waals surface area contributed by atoms with Gasteiger partial charge in [-0.15, -0.1) is 0 Å². The molecule has 2 saturated heterocycles. The molecule has 3 unspecified atom stereocenters. The number of rotatable bonds is 6. The average Bonchev–Trinajstić information content (AvgIpc) is 3.26. The molecule has 3 N–H and O–H groups in total. The fourth-order valence-electron chi connectivity index (χ4n) is 4.08. The van der Waals surface area contributed by atoms with Gasteiger partial charge in [0, 0.05) is 26.2 Å². The standard InChI is InChI=1S/C22H27FN4O2/c23-18-8-6-17(7-9-18)21-19(14-25-26-21)22(28)24-15-20(16-4-2-1-3-5-16)27-10-12-29-13-11-27/h1-9,19-21,25-26H,10-15H2,(H,24,28). The van der Waals surface area contributed by atoms with E-state index in [1.807, 2.05) is 18.2 Å². The summed E-state index contributed by atoms with van der Waals surface area (Å²) in [7, 11) is 0. The summed E-state index contributed by atoms with van der Waals surface area (Å²) in [5.41, 5.74) is 8.29. The van der Waals surface area contributed by atoms with Gasteiger partial charge >= 0.3 is 0 Å². The lowest BCUT2D eigenvalue weighted by Crippen LogP contribution is -2.45. The molecular weight excluding hydrogens is 371 g/mol. The van der Waals surface area contributed by atoms with Gasteiger partial charge < -0.3 is 10.1 Å². The molecule has 2 aromatic rings. The molecule has 0 radical (unpaired) electrons. The first kappa shape index (κ1) is 20.0. The molecule has 0 aromatic heterocycles. The van der Waals surface area contributed by atoms with E-state index in [1.165, 1.54) is 17.7 Å². The summed E-state index contributed by atoms with van der Waals surface area (Å²) < 4.78 is 18.7. The minimum atomic E-state index is -0.281. The van der Waals surface area contributed by atoms with Gasteiger partial charge in [-0.3, -0.25) is 15.1 Å². The van der Waals surface area contributed by atoms with Gasteiger partial charge in [-0.1, -0.05) is 42.5 Å². The molecule has 2 aliphatic rings. The van der Waals surface area contributed by atoms with Crippen molar-refractivity contribution in [3.8, 4) is 0 Å². The maximum absolute atomic E-state index is 13.2. The Morgan fingerprint density at radius 2 is 1.86 bits per heavy atom. The second kappa shape index (κ2) is 9.45. The van der Waals surface area contributed by atoms with Crippen molar-refractivity contribution in [2.75, 3.05) is 39.4 Å². The lowest BCUT2D eigenvalue weighted by atomic mass is 9.94. The highest BCUT2D eigenvalue weighted by molar-refractivity contribution is 5.80. The van der Waals surface area contributed by atoms with Crippen molar-refractivity contribution in [2.24, 2.45) is 5.92 Å². The number of halogens is 1. The first-order chi connectivity index (χ1) is 14.2. The molecule has 0 bridgehead atoms. The Labute approximate surface area is 170 Å². The number of morpholine rings is 1. The molecule has 0 spiro atoms. The van der Waals surface area contributed by atoms with E-state index in [0.717, 1.165) is 18.7 Å². The van der Waals surface area contributed by atoms with Gasteiger partial charge in [0.05, 0.1) is 31.2 Å². The minimum absolute atomic E-state index is 0.00832. The molecule has 0 saturated carbocycles. The Morgan fingerprint density at radius 3 is 2.59 bits per heavy atom. The summed E-state index contributed by atoms with van der Waals surface area (Å²) in [6.45, 7) is 4.18. The molecule has 2 fully saturated rings. The van der Waals surface area contributed by atoms with E-state index in [2.05, 4.69) is 33.2 Å². The van der Waals surface area contributed by atoms with Crippen LogP contribution in [0.15, 0.2) is 54.6 Å². The smallest absolute Gasteiger partial charge is 0.226 e. The third-order valence-corrected chi connectivity index (χ3v) is 5.69. The number of amides is 1. The predicted octanol–water partition coefficient (Wildman–Crippen LogP) is 1.78. The Bertz CT molecular complexity index is 796. The normalized spacial score (nSPS) is 23.6. The summed E-state index contributed by atoms with van der Waals surface area (Å²) in [5, 5.41) is 3.16. The fraction of sp³-hybridized carbons (Fsp3) is 0.409. The number of hydrazine groups is 1. The SMILES string of the molecule is O=C(NCC(c1ccccc1)N1CCOCC1)C1CNNC1c1ccc(F)cc1. The molecular formula is C22H27FN4O2. The number of nitrogens with zero attached hydrogens (tertiary/aromatic N) is 1. The molecule has 154 valence electrons. The third-order valence-electron chi connectivity index (χ3n) is 5.69.